The van der Waals surface area contributed by atoms with Crippen LogP contribution in [0.5, 0.6) is 0 Å². The van der Waals surface area contributed by atoms with Crippen molar-refractivity contribution in [1.82, 2.24) is 19.8 Å². The summed E-state index contributed by atoms with van der Waals surface area (Å²) in [6.45, 7) is 6.94. The van der Waals surface area contributed by atoms with Gasteiger partial charge < -0.3 is 24.0 Å². The number of hydrogen-bond donors (Lipinski definition) is 0. The Morgan fingerprint density at radius 3 is 2.25 bits per heavy atom. The Morgan fingerprint density at radius 2 is 1.64 bits per heavy atom. The molecule has 28 heavy (non-hydrogen) atoms. The summed E-state index contributed by atoms with van der Waals surface area (Å²) in [4.78, 5) is 30.0. The topological polar surface area (TPSA) is 69.0 Å². The fourth-order valence-corrected chi connectivity index (χ4v) is 3.52. The summed E-state index contributed by atoms with van der Waals surface area (Å²) in [7, 11) is 2.15. The van der Waals surface area contributed by atoms with Gasteiger partial charge in [-0.15, -0.1) is 0 Å². The molecule has 0 saturated carbocycles. The summed E-state index contributed by atoms with van der Waals surface area (Å²) in [5, 5.41) is 0. The zero-order valence-electron chi connectivity index (χ0n) is 16.2. The first-order valence-corrected chi connectivity index (χ1v) is 9.70. The van der Waals surface area contributed by atoms with Gasteiger partial charge in [-0.3, -0.25) is 4.79 Å². The van der Waals surface area contributed by atoms with Crippen LogP contribution >= 0.6 is 0 Å². The maximum atomic E-state index is 12.4. The predicted octanol–water partition coefficient (Wildman–Crippen LogP) is 1.18. The van der Waals surface area contributed by atoms with E-state index >= 15 is 0 Å². The van der Waals surface area contributed by atoms with Crippen LogP contribution in [0.15, 0.2) is 41.3 Å². The van der Waals surface area contributed by atoms with Crippen LogP contribution in [0.1, 0.15) is 5.76 Å². The minimum Gasteiger partial charge on any atom is -0.465 e. The minimum atomic E-state index is 0.0110. The zero-order valence-corrected chi connectivity index (χ0v) is 16.2. The summed E-state index contributed by atoms with van der Waals surface area (Å²) in [5.41, 5.74) is 0. The number of carbonyl (C=O) groups is 1. The molecule has 0 aliphatic carbocycles. The van der Waals surface area contributed by atoms with Crippen molar-refractivity contribution in [3.63, 3.8) is 0 Å². The molecule has 0 unspecified atom stereocenters. The van der Waals surface area contributed by atoms with Crippen LogP contribution in [0.2, 0.25) is 0 Å². The average Bonchev–Trinajstić information content (AvgIpc) is 3.26. The van der Waals surface area contributed by atoms with Gasteiger partial charge in [0.05, 0.1) is 6.26 Å². The molecule has 8 nitrogen and oxygen atoms in total. The largest absolute Gasteiger partial charge is 0.465 e. The van der Waals surface area contributed by atoms with Gasteiger partial charge in [0.2, 0.25) is 5.91 Å². The Hall–Kier alpha value is -2.87. The normalized spacial score (nSPS) is 18.8. The molecular weight excluding hydrogens is 356 g/mol. The lowest BCUT2D eigenvalue weighted by atomic mass is 10.2. The van der Waals surface area contributed by atoms with Gasteiger partial charge in [-0.1, -0.05) is 0 Å². The first kappa shape index (κ1) is 18.5. The highest BCUT2D eigenvalue weighted by Gasteiger charge is 2.22. The van der Waals surface area contributed by atoms with Gasteiger partial charge in [0.1, 0.15) is 23.7 Å². The molecule has 2 fully saturated rings. The summed E-state index contributed by atoms with van der Waals surface area (Å²) < 4.78 is 5.23. The Labute approximate surface area is 165 Å². The van der Waals surface area contributed by atoms with Gasteiger partial charge in [0, 0.05) is 64.5 Å². The third-order valence-corrected chi connectivity index (χ3v) is 5.31. The number of likely N-dealkylation sites (N-methyl/N-ethyl adjacent to an activating group) is 1. The molecule has 2 aliphatic heterocycles. The lowest BCUT2D eigenvalue weighted by Gasteiger charge is -2.36. The highest BCUT2D eigenvalue weighted by Crippen LogP contribution is 2.20. The maximum Gasteiger partial charge on any atom is 0.246 e. The molecule has 148 valence electrons. The third-order valence-electron chi connectivity index (χ3n) is 5.31. The number of hydrogen-bond acceptors (Lipinski definition) is 7. The van der Waals surface area contributed by atoms with E-state index in [4.69, 9.17) is 4.42 Å². The molecule has 2 aromatic heterocycles. The number of furan rings is 1. The molecule has 8 heteroatoms. The van der Waals surface area contributed by atoms with Crippen LogP contribution in [-0.2, 0) is 4.79 Å². The Balaban J connectivity index is 1.33. The fourth-order valence-electron chi connectivity index (χ4n) is 3.52. The minimum absolute atomic E-state index is 0.0110. The van der Waals surface area contributed by atoms with Crippen LogP contribution in [0, 0.1) is 0 Å². The maximum absolute atomic E-state index is 12.4. The summed E-state index contributed by atoms with van der Waals surface area (Å²) in [6.07, 6.45) is 6.53. The molecule has 4 rings (SSSR count). The number of amides is 1. The zero-order chi connectivity index (χ0) is 19.3. The quantitative estimate of drug-likeness (QED) is 0.736. The van der Waals surface area contributed by atoms with Crippen molar-refractivity contribution >= 4 is 23.6 Å². The van der Waals surface area contributed by atoms with Gasteiger partial charge in [0.15, 0.2) is 0 Å². The number of carbonyl (C=O) groups excluding carboxylic acids is 1. The molecule has 0 bridgehead atoms. The van der Waals surface area contributed by atoms with Gasteiger partial charge in [-0.05, 0) is 25.3 Å². The highest BCUT2D eigenvalue weighted by molar-refractivity contribution is 5.91. The van der Waals surface area contributed by atoms with Crippen LogP contribution in [0.4, 0.5) is 11.6 Å². The molecular formula is C20H26N6O2. The molecule has 2 aliphatic rings. The van der Waals surface area contributed by atoms with E-state index < -0.39 is 0 Å². The predicted molar refractivity (Wildman–Crippen MR) is 108 cm³/mol. The monoisotopic (exact) mass is 382 g/mol. The molecule has 0 radical (unpaired) electrons. The SMILES string of the molecule is CN1CCN(c2cc(N3CCN(C(=O)/C=C/c4ccco4)CC3)ncn2)CC1. The second kappa shape index (κ2) is 8.43. The Kier molecular flexibility index (Phi) is 5.57. The van der Waals surface area contributed by atoms with Gasteiger partial charge >= 0.3 is 0 Å². The molecule has 0 spiro atoms. The molecule has 2 saturated heterocycles. The highest BCUT2D eigenvalue weighted by atomic mass is 16.3. The molecule has 4 heterocycles. The van der Waals surface area contributed by atoms with E-state index in [0.717, 1.165) is 50.9 Å². The second-order valence-corrected chi connectivity index (χ2v) is 7.19. The number of anilines is 2. The van der Waals surface area contributed by atoms with Gasteiger partial charge in [-0.2, -0.15) is 0 Å². The number of nitrogens with zero attached hydrogens (tertiary/aromatic N) is 6. The molecule has 0 N–H and O–H groups in total. The fraction of sp³-hybridized carbons (Fsp3) is 0.450. The summed E-state index contributed by atoms with van der Waals surface area (Å²) >= 11 is 0. The van der Waals surface area contributed by atoms with Crippen LogP contribution in [0.25, 0.3) is 6.08 Å². The van der Waals surface area contributed by atoms with E-state index in [1.54, 1.807) is 30.8 Å². The van der Waals surface area contributed by atoms with Crippen molar-refractivity contribution in [3.8, 4) is 0 Å². The van der Waals surface area contributed by atoms with Gasteiger partial charge in [0.25, 0.3) is 0 Å². The van der Waals surface area contributed by atoms with E-state index in [2.05, 4.69) is 37.8 Å². The van der Waals surface area contributed by atoms with Crippen molar-refractivity contribution in [2.24, 2.45) is 0 Å². The third kappa shape index (κ3) is 4.33. The molecule has 1 amide bonds. The summed E-state index contributed by atoms with van der Waals surface area (Å²) in [5.74, 6) is 2.61. The van der Waals surface area contributed by atoms with Crippen molar-refractivity contribution in [2.45, 2.75) is 0 Å². The van der Waals surface area contributed by atoms with Crippen molar-refractivity contribution in [2.75, 3.05) is 69.2 Å². The lowest BCUT2D eigenvalue weighted by molar-refractivity contribution is -0.126. The first-order chi connectivity index (χ1) is 13.7. The number of rotatable bonds is 4. The van der Waals surface area contributed by atoms with Crippen molar-refractivity contribution in [3.05, 3.63) is 42.6 Å². The van der Waals surface area contributed by atoms with E-state index in [0.29, 0.717) is 18.8 Å². The first-order valence-electron chi connectivity index (χ1n) is 9.70. The second-order valence-electron chi connectivity index (χ2n) is 7.19. The molecule has 0 atom stereocenters. The van der Waals surface area contributed by atoms with E-state index in [1.165, 1.54) is 0 Å². The van der Waals surface area contributed by atoms with Crippen LogP contribution in [0.3, 0.4) is 0 Å². The van der Waals surface area contributed by atoms with E-state index in [1.807, 2.05) is 11.0 Å². The van der Waals surface area contributed by atoms with Crippen LogP contribution in [-0.4, -0.2) is 85.1 Å². The van der Waals surface area contributed by atoms with E-state index in [9.17, 15) is 4.79 Å². The Bertz CT molecular complexity index is 806. The van der Waals surface area contributed by atoms with Gasteiger partial charge in [-0.25, -0.2) is 9.97 Å². The van der Waals surface area contributed by atoms with E-state index in [-0.39, 0.29) is 5.91 Å². The van der Waals surface area contributed by atoms with Crippen molar-refractivity contribution < 1.29 is 9.21 Å². The standard InChI is InChI=1S/C20H26N6O2/c1-23-6-8-24(9-7-23)18-15-19(22-16-21-18)25-10-12-26(13-11-25)20(27)5-4-17-3-2-14-28-17/h2-5,14-16H,6-13H2,1H3/b5-4+. The Morgan fingerprint density at radius 1 is 1.00 bits per heavy atom. The molecule has 2 aromatic rings. The van der Waals surface area contributed by atoms with Crippen LogP contribution < -0.4 is 9.80 Å². The number of piperazine rings is 2. The smallest absolute Gasteiger partial charge is 0.246 e. The average molecular weight is 382 g/mol. The lowest BCUT2D eigenvalue weighted by Crippen LogP contribution is -2.48. The number of aromatic nitrogens is 2. The summed E-state index contributed by atoms with van der Waals surface area (Å²) in [6, 6.07) is 5.70. The van der Waals surface area contributed by atoms with Crippen molar-refractivity contribution in [1.29, 1.82) is 0 Å². The molecule has 0 aromatic carbocycles.